The number of amides is 1. The summed E-state index contributed by atoms with van der Waals surface area (Å²) in [6.45, 7) is 10.2. The molecule has 100 valence electrons. The van der Waals surface area contributed by atoms with E-state index in [4.69, 9.17) is 4.74 Å². The van der Waals surface area contributed by atoms with Gasteiger partial charge in [0.25, 0.3) is 5.91 Å². The van der Waals surface area contributed by atoms with Crippen LogP contribution in [-0.4, -0.2) is 18.6 Å². The van der Waals surface area contributed by atoms with Crippen molar-refractivity contribution < 1.29 is 9.53 Å². The van der Waals surface area contributed by atoms with Crippen LogP contribution < -0.4 is 10.1 Å². The molecule has 0 saturated carbocycles. The van der Waals surface area contributed by atoms with Gasteiger partial charge in [-0.1, -0.05) is 31.5 Å². The first-order valence-electron chi connectivity index (χ1n) is 6.43. The molecule has 0 aromatic heterocycles. The third-order valence-corrected chi connectivity index (χ3v) is 2.60. The lowest BCUT2D eigenvalue weighted by atomic mass is 10.00. The molecule has 3 heteroatoms. The Bertz CT molecular complexity index is 411. The lowest BCUT2D eigenvalue weighted by Gasteiger charge is -2.15. The molecule has 0 spiro atoms. The molecule has 0 saturated heterocycles. The lowest BCUT2D eigenvalue weighted by molar-refractivity contribution is -0.123. The largest absolute Gasteiger partial charge is 0.483 e. The highest BCUT2D eigenvalue weighted by molar-refractivity contribution is 5.77. The minimum Gasteiger partial charge on any atom is -0.483 e. The van der Waals surface area contributed by atoms with Crippen LogP contribution in [0.4, 0.5) is 0 Å². The maximum atomic E-state index is 11.5. The van der Waals surface area contributed by atoms with Gasteiger partial charge in [0.2, 0.25) is 0 Å². The first-order chi connectivity index (χ1) is 8.40. The Balaban J connectivity index is 2.70. The van der Waals surface area contributed by atoms with Gasteiger partial charge in [-0.05, 0) is 38.3 Å². The van der Waals surface area contributed by atoms with Crippen molar-refractivity contribution in [1.82, 2.24) is 5.32 Å². The Hall–Kier alpha value is -1.51. The summed E-state index contributed by atoms with van der Waals surface area (Å²) in [5, 5.41) is 2.81. The molecular weight excluding hydrogens is 226 g/mol. The van der Waals surface area contributed by atoms with E-state index in [0.29, 0.717) is 5.92 Å². The average molecular weight is 249 g/mol. The van der Waals surface area contributed by atoms with Crippen LogP contribution in [-0.2, 0) is 4.79 Å². The molecule has 1 aromatic carbocycles. The van der Waals surface area contributed by atoms with E-state index in [2.05, 4.69) is 32.2 Å². The first-order valence-corrected chi connectivity index (χ1v) is 6.43. The number of hydrogen-bond acceptors (Lipinski definition) is 2. The van der Waals surface area contributed by atoms with Gasteiger partial charge < -0.3 is 10.1 Å². The monoisotopic (exact) mass is 249 g/mol. The molecule has 0 atom stereocenters. The molecular formula is C15H23NO2. The molecule has 0 aliphatic carbocycles. The third-order valence-electron chi connectivity index (χ3n) is 2.60. The maximum absolute atomic E-state index is 11.5. The van der Waals surface area contributed by atoms with E-state index in [1.54, 1.807) is 0 Å². The molecule has 1 rings (SSSR count). The predicted molar refractivity (Wildman–Crippen MR) is 74.0 cm³/mol. The summed E-state index contributed by atoms with van der Waals surface area (Å²) in [4.78, 5) is 11.5. The Labute approximate surface area is 110 Å². The Morgan fingerprint density at radius 3 is 2.50 bits per heavy atom. The summed E-state index contributed by atoms with van der Waals surface area (Å²) in [6, 6.07) is 6.19. The fourth-order valence-electron chi connectivity index (χ4n) is 1.76. The van der Waals surface area contributed by atoms with E-state index in [1.807, 2.05) is 26.0 Å². The zero-order chi connectivity index (χ0) is 13.7. The fourth-order valence-corrected chi connectivity index (χ4v) is 1.76. The normalized spacial score (nSPS) is 10.8. The van der Waals surface area contributed by atoms with Gasteiger partial charge >= 0.3 is 0 Å². The van der Waals surface area contributed by atoms with Gasteiger partial charge in [0.05, 0.1) is 0 Å². The van der Waals surface area contributed by atoms with E-state index in [9.17, 15) is 4.79 Å². The number of hydrogen-bond donors (Lipinski definition) is 1. The number of nitrogens with one attached hydrogen (secondary N) is 1. The van der Waals surface area contributed by atoms with E-state index < -0.39 is 0 Å². The second-order valence-corrected chi connectivity index (χ2v) is 5.21. The average Bonchev–Trinajstić information content (AvgIpc) is 2.26. The van der Waals surface area contributed by atoms with Crippen molar-refractivity contribution in [1.29, 1.82) is 0 Å². The van der Waals surface area contributed by atoms with Gasteiger partial charge in [0, 0.05) is 6.04 Å². The van der Waals surface area contributed by atoms with Gasteiger partial charge in [0.1, 0.15) is 5.75 Å². The SMILES string of the molecule is Cc1ccc(OCC(=O)NC(C)C)c(C(C)C)c1. The molecule has 1 N–H and O–H groups in total. The van der Waals surface area contributed by atoms with Crippen molar-refractivity contribution in [2.75, 3.05) is 6.61 Å². The molecule has 0 radical (unpaired) electrons. The minimum atomic E-state index is -0.0831. The topological polar surface area (TPSA) is 38.3 Å². The highest BCUT2D eigenvalue weighted by Gasteiger charge is 2.10. The van der Waals surface area contributed by atoms with E-state index in [0.717, 1.165) is 11.3 Å². The van der Waals surface area contributed by atoms with Crippen molar-refractivity contribution in [3.63, 3.8) is 0 Å². The quantitative estimate of drug-likeness (QED) is 0.871. The van der Waals surface area contributed by atoms with Crippen LogP contribution in [0, 0.1) is 6.92 Å². The van der Waals surface area contributed by atoms with E-state index in [-0.39, 0.29) is 18.6 Å². The summed E-state index contributed by atoms with van der Waals surface area (Å²) in [5.74, 6) is 1.10. The number of carbonyl (C=O) groups is 1. The van der Waals surface area contributed by atoms with Gasteiger partial charge in [0.15, 0.2) is 6.61 Å². The molecule has 18 heavy (non-hydrogen) atoms. The summed E-state index contributed by atoms with van der Waals surface area (Å²) in [5.41, 5.74) is 2.35. The summed E-state index contributed by atoms with van der Waals surface area (Å²) in [6.07, 6.45) is 0. The molecule has 0 unspecified atom stereocenters. The smallest absolute Gasteiger partial charge is 0.258 e. The van der Waals surface area contributed by atoms with Crippen LogP contribution >= 0.6 is 0 Å². The second-order valence-electron chi connectivity index (χ2n) is 5.21. The minimum absolute atomic E-state index is 0.0704. The van der Waals surface area contributed by atoms with E-state index >= 15 is 0 Å². The molecule has 1 aromatic rings. The number of rotatable bonds is 5. The molecule has 0 aliphatic heterocycles. The second kappa shape index (κ2) is 6.43. The Morgan fingerprint density at radius 1 is 1.28 bits per heavy atom. The maximum Gasteiger partial charge on any atom is 0.258 e. The van der Waals surface area contributed by atoms with Crippen LogP contribution in [0.15, 0.2) is 18.2 Å². The van der Waals surface area contributed by atoms with Crippen LogP contribution in [0.25, 0.3) is 0 Å². The molecule has 0 fully saturated rings. The molecule has 3 nitrogen and oxygen atoms in total. The van der Waals surface area contributed by atoms with Gasteiger partial charge in [-0.3, -0.25) is 4.79 Å². The van der Waals surface area contributed by atoms with Crippen LogP contribution in [0.3, 0.4) is 0 Å². The zero-order valence-electron chi connectivity index (χ0n) is 11.9. The molecule has 1 amide bonds. The number of ether oxygens (including phenoxy) is 1. The summed E-state index contributed by atoms with van der Waals surface area (Å²) < 4.78 is 5.60. The number of aryl methyl sites for hydroxylation is 1. The lowest BCUT2D eigenvalue weighted by Crippen LogP contribution is -2.34. The van der Waals surface area contributed by atoms with E-state index in [1.165, 1.54) is 5.56 Å². The van der Waals surface area contributed by atoms with Crippen molar-refractivity contribution in [3.8, 4) is 5.75 Å². The van der Waals surface area contributed by atoms with Crippen molar-refractivity contribution in [2.24, 2.45) is 0 Å². The molecule has 0 bridgehead atoms. The molecule has 0 heterocycles. The first kappa shape index (κ1) is 14.6. The third kappa shape index (κ3) is 4.40. The Morgan fingerprint density at radius 2 is 1.94 bits per heavy atom. The van der Waals surface area contributed by atoms with Crippen LogP contribution in [0.2, 0.25) is 0 Å². The molecule has 0 aliphatic rings. The summed E-state index contributed by atoms with van der Waals surface area (Å²) >= 11 is 0. The van der Waals surface area contributed by atoms with Gasteiger partial charge in [-0.25, -0.2) is 0 Å². The van der Waals surface area contributed by atoms with Crippen LogP contribution in [0.1, 0.15) is 44.7 Å². The predicted octanol–water partition coefficient (Wildman–Crippen LogP) is 3.02. The zero-order valence-corrected chi connectivity index (χ0v) is 11.9. The Kier molecular flexibility index (Phi) is 5.20. The standard InChI is InChI=1S/C15H23NO2/c1-10(2)13-8-12(5)6-7-14(13)18-9-15(17)16-11(3)4/h6-8,10-11H,9H2,1-5H3,(H,16,17). The summed E-state index contributed by atoms with van der Waals surface area (Å²) in [7, 11) is 0. The van der Waals surface area contributed by atoms with Crippen LogP contribution in [0.5, 0.6) is 5.75 Å². The van der Waals surface area contributed by atoms with Gasteiger partial charge in [-0.2, -0.15) is 0 Å². The van der Waals surface area contributed by atoms with Crippen molar-refractivity contribution >= 4 is 5.91 Å². The highest BCUT2D eigenvalue weighted by atomic mass is 16.5. The fraction of sp³-hybridized carbons (Fsp3) is 0.533. The highest BCUT2D eigenvalue weighted by Crippen LogP contribution is 2.27. The number of carbonyl (C=O) groups excluding carboxylic acids is 1. The van der Waals surface area contributed by atoms with Gasteiger partial charge in [-0.15, -0.1) is 0 Å². The van der Waals surface area contributed by atoms with Crippen molar-refractivity contribution in [3.05, 3.63) is 29.3 Å². The number of benzene rings is 1. The van der Waals surface area contributed by atoms with Crippen molar-refractivity contribution in [2.45, 2.75) is 46.6 Å².